The maximum Gasteiger partial charge on any atom is 0.234 e. The molecule has 2 aliphatic carbocycles. The lowest BCUT2D eigenvalue weighted by molar-refractivity contribution is -0.121. The first-order valence-corrected chi connectivity index (χ1v) is 5.39. The molecule has 0 heterocycles. The van der Waals surface area contributed by atoms with Gasteiger partial charge in [-0.25, -0.2) is 0 Å². The zero-order chi connectivity index (χ0) is 10.0. The molecule has 80 valence electrons. The van der Waals surface area contributed by atoms with Crippen LogP contribution < -0.4 is 10.6 Å². The zero-order valence-corrected chi connectivity index (χ0v) is 8.38. The lowest BCUT2D eigenvalue weighted by Gasteiger charge is -2.41. The van der Waals surface area contributed by atoms with Crippen LogP contribution in [0, 0.1) is 0 Å². The van der Waals surface area contributed by atoms with Gasteiger partial charge >= 0.3 is 0 Å². The van der Waals surface area contributed by atoms with Crippen molar-refractivity contribution in [1.29, 1.82) is 0 Å². The van der Waals surface area contributed by atoms with Gasteiger partial charge in [-0.15, -0.1) is 0 Å². The summed E-state index contributed by atoms with van der Waals surface area (Å²) in [6, 6.07) is 0.427. The molecule has 4 nitrogen and oxygen atoms in total. The van der Waals surface area contributed by atoms with Gasteiger partial charge in [-0.1, -0.05) is 0 Å². The first-order chi connectivity index (χ1) is 6.74. The molecule has 0 saturated heterocycles. The zero-order valence-electron chi connectivity index (χ0n) is 8.38. The standard InChI is InChI=1S/C10H18N2O2/c13-7-10(4-1-5-10)11-6-9(14)12-8-2-3-8/h8,11,13H,1-7H2,(H,12,14). The minimum absolute atomic E-state index is 0.0622. The second-order valence-electron chi connectivity index (χ2n) is 4.49. The highest BCUT2D eigenvalue weighted by atomic mass is 16.3. The average Bonchev–Trinajstić information content (AvgIpc) is 2.87. The number of aliphatic hydroxyl groups excluding tert-OH is 1. The maximum absolute atomic E-state index is 11.3. The third-order valence-electron chi connectivity index (χ3n) is 3.18. The van der Waals surface area contributed by atoms with Crippen molar-refractivity contribution in [3.8, 4) is 0 Å². The number of nitrogens with one attached hydrogen (secondary N) is 2. The summed E-state index contributed by atoms with van der Waals surface area (Å²) in [5.74, 6) is 0.0622. The van der Waals surface area contributed by atoms with Crippen LogP contribution in [0.1, 0.15) is 32.1 Å². The molecule has 1 amide bonds. The largest absolute Gasteiger partial charge is 0.394 e. The normalized spacial score (nSPS) is 24.1. The van der Waals surface area contributed by atoms with Crippen molar-refractivity contribution in [2.45, 2.75) is 43.7 Å². The van der Waals surface area contributed by atoms with Gasteiger partial charge in [-0.2, -0.15) is 0 Å². The summed E-state index contributed by atoms with van der Waals surface area (Å²) in [5, 5.41) is 15.2. The van der Waals surface area contributed by atoms with E-state index in [2.05, 4.69) is 10.6 Å². The minimum Gasteiger partial charge on any atom is -0.394 e. The quantitative estimate of drug-likeness (QED) is 0.572. The van der Waals surface area contributed by atoms with Gasteiger partial charge in [0.05, 0.1) is 13.2 Å². The smallest absolute Gasteiger partial charge is 0.234 e. The fourth-order valence-electron chi connectivity index (χ4n) is 1.77. The van der Waals surface area contributed by atoms with E-state index >= 15 is 0 Å². The van der Waals surface area contributed by atoms with Gasteiger partial charge in [0, 0.05) is 11.6 Å². The molecular weight excluding hydrogens is 180 g/mol. The van der Waals surface area contributed by atoms with Gasteiger partial charge in [-0.3, -0.25) is 4.79 Å². The predicted octanol–water partition coefficient (Wildman–Crippen LogP) is -0.230. The topological polar surface area (TPSA) is 61.4 Å². The van der Waals surface area contributed by atoms with Crippen molar-refractivity contribution in [1.82, 2.24) is 10.6 Å². The molecule has 0 aromatic rings. The van der Waals surface area contributed by atoms with Gasteiger partial charge in [0.2, 0.25) is 5.91 Å². The Bertz CT molecular complexity index is 217. The molecule has 2 rings (SSSR count). The number of carbonyl (C=O) groups excluding carboxylic acids is 1. The monoisotopic (exact) mass is 198 g/mol. The molecule has 4 heteroatoms. The third-order valence-corrected chi connectivity index (χ3v) is 3.18. The van der Waals surface area contributed by atoms with Crippen molar-refractivity contribution in [3.05, 3.63) is 0 Å². The highest BCUT2D eigenvalue weighted by Gasteiger charge is 2.36. The fraction of sp³-hybridized carbons (Fsp3) is 0.900. The Hall–Kier alpha value is -0.610. The summed E-state index contributed by atoms with van der Waals surface area (Å²) < 4.78 is 0. The van der Waals surface area contributed by atoms with Crippen molar-refractivity contribution in [2.75, 3.05) is 13.2 Å². The van der Waals surface area contributed by atoms with Crippen LogP contribution in [0.15, 0.2) is 0 Å². The maximum atomic E-state index is 11.3. The first kappa shape index (κ1) is 9.93. The van der Waals surface area contributed by atoms with E-state index < -0.39 is 0 Å². The summed E-state index contributed by atoms with van der Waals surface area (Å²) in [4.78, 5) is 11.3. The Morgan fingerprint density at radius 2 is 2.14 bits per heavy atom. The van der Waals surface area contributed by atoms with Crippen LogP contribution in [0.2, 0.25) is 0 Å². The van der Waals surface area contributed by atoms with Crippen LogP contribution in [-0.2, 0) is 4.79 Å². The molecule has 0 unspecified atom stereocenters. The lowest BCUT2D eigenvalue weighted by Crippen LogP contribution is -2.56. The predicted molar refractivity (Wildman–Crippen MR) is 52.8 cm³/mol. The molecule has 2 fully saturated rings. The fourth-order valence-corrected chi connectivity index (χ4v) is 1.77. The first-order valence-electron chi connectivity index (χ1n) is 5.39. The molecule has 0 aromatic carbocycles. The summed E-state index contributed by atoms with van der Waals surface area (Å²) in [5.41, 5.74) is -0.152. The Labute approximate surface area is 84.1 Å². The van der Waals surface area contributed by atoms with Crippen LogP contribution in [0.4, 0.5) is 0 Å². The van der Waals surface area contributed by atoms with E-state index in [0.29, 0.717) is 12.6 Å². The van der Waals surface area contributed by atoms with E-state index in [-0.39, 0.29) is 18.1 Å². The number of amides is 1. The second-order valence-corrected chi connectivity index (χ2v) is 4.49. The van der Waals surface area contributed by atoms with Gasteiger partial charge in [0.15, 0.2) is 0 Å². The Morgan fingerprint density at radius 1 is 1.43 bits per heavy atom. The lowest BCUT2D eigenvalue weighted by atomic mass is 9.77. The molecule has 0 radical (unpaired) electrons. The molecule has 0 bridgehead atoms. The van der Waals surface area contributed by atoms with Crippen molar-refractivity contribution >= 4 is 5.91 Å². The Balaban J connectivity index is 1.67. The number of aliphatic hydroxyl groups is 1. The van der Waals surface area contributed by atoms with Gasteiger partial charge in [-0.05, 0) is 32.1 Å². The van der Waals surface area contributed by atoms with Crippen LogP contribution in [0.5, 0.6) is 0 Å². The third kappa shape index (κ3) is 2.25. The summed E-state index contributed by atoms with van der Waals surface area (Å²) >= 11 is 0. The molecule has 0 aliphatic heterocycles. The minimum atomic E-state index is -0.152. The van der Waals surface area contributed by atoms with Gasteiger partial charge < -0.3 is 15.7 Å². The highest BCUT2D eigenvalue weighted by molar-refractivity contribution is 5.78. The number of carbonyl (C=O) groups is 1. The second kappa shape index (κ2) is 3.87. The Morgan fingerprint density at radius 3 is 2.57 bits per heavy atom. The summed E-state index contributed by atoms with van der Waals surface area (Å²) in [6.07, 6.45) is 5.37. The molecule has 0 atom stereocenters. The van der Waals surface area contributed by atoms with Crippen LogP contribution in [0.25, 0.3) is 0 Å². The number of hydrogen-bond acceptors (Lipinski definition) is 3. The van der Waals surface area contributed by atoms with Crippen LogP contribution in [0.3, 0.4) is 0 Å². The van der Waals surface area contributed by atoms with E-state index in [9.17, 15) is 4.79 Å². The van der Waals surface area contributed by atoms with E-state index in [1.807, 2.05) is 0 Å². The van der Waals surface area contributed by atoms with E-state index in [1.165, 1.54) is 0 Å². The average molecular weight is 198 g/mol. The van der Waals surface area contributed by atoms with Gasteiger partial charge in [0.1, 0.15) is 0 Å². The van der Waals surface area contributed by atoms with Crippen LogP contribution in [-0.4, -0.2) is 35.7 Å². The SMILES string of the molecule is O=C(CNC1(CO)CCC1)NC1CC1. The summed E-state index contributed by atoms with van der Waals surface area (Å²) in [6.45, 7) is 0.487. The molecular formula is C10H18N2O2. The van der Waals surface area contributed by atoms with Crippen molar-refractivity contribution in [3.63, 3.8) is 0 Å². The molecule has 2 saturated carbocycles. The van der Waals surface area contributed by atoms with Gasteiger partial charge in [0.25, 0.3) is 0 Å². The molecule has 3 N–H and O–H groups in total. The van der Waals surface area contributed by atoms with Crippen molar-refractivity contribution in [2.24, 2.45) is 0 Å². The number of rotatable bonds is 5. The molecule has 14 heavy (non-hydrogen) atoms. The van der Waals surface area contributed by atoms with Crippen molar-refractivity contribution < 1.29 is 9.90 Å². The number of hydrogen-bond donors (Lipinski definition) is 3. The Kier molecular flexibility index (Phi) is 2.74. The van der Waals surface area contributed by atoms with E-state index in [4.69, 9.17) is 5.11 Å². The molecule has 2 aliphatic rings. The van der Waals surface area contributed by atoms with E-state index in [1.54, 1.807) is 0 Å². The molecule has 0 spiro atoms. The highest BCUT2D eigenvalue weighted by Crippen LogP contribution is 2.30. The molecule has 0 aromatic heterocycles. The van der Waals surface area contributed by atoms with E-state index in [0.717, 1.165) is 32.1 Å². The van der Waals surface area contributed by atoms with Crippen LogP contribution >= 0.6 is 0 Å². The summed E-state index contributed by atoms with van der Waals surface area (Å²) in [7, 11) is 0.